The van der Waals surface area contributed by atoms with Gasteiger partial charge in [0.05, 0.1) is 6.54 Å². The standard InChI is InChI=1S/C13H12N2O3/c16-11-4-2-1-3-10(11)9-14-7-8-15-12(17)5-6-13(15)18/h1-6,9,16H,7-8H2. The third-order valence-electron chi connectivity index (χ3n) is 2.52. The molecule has 0 aromatic heterocycles. The van der Waals surface area contributed by atoms with Crippen molar-refractivity contribution >= 4 is 18.0 Å². The summed E-state index contributed by atoms with van der Waals surface area (Å²) in [4.78, 5) is 27.7. The van der Waals surface area contributed by atoms with Gasteiger partial charge in [0.15, 0.2) is 0 Å². The van der Waals surface area contributed by atoms with E-state index in [1.165, 1.54) is 18.4 Å². The largest absolute Gasteiger partial charge is 0.507 e. The zero-order chi connectivity index (χ0) is 13.0. The predicted molar refractivity (Wildman–Crippen MR) is 66.4 cm³/mol. The molecule has 1 aliphatic rings. The van der Waals surface area contributed by atoms with Crippen LogP contribution in [0.1, 0.15) is 5.56 Å². The Kier molecular flexibility index (Phi) is 3.52. The number of imide groups is 1. The topological polar surface area (TPSA) is 70.0 Å². The number of rotatable bonds is 4. The van der Waals surface area contributed by atoms with Crippen LogP contribution in [0.4, 0.5) is 0 Å². The van der Waals surface area contributed by atoms with E-state index in [-0.39, 0.29) is 24.1 Å². The highest BCUT2D eigenvalue weighted by Crippen LogP contribution is 2.12. The van der Waals surface area contributed by atoms with Crippen LogP contribution in [0.3, 0.4) is 0 Å². The average molecular weight is 244 g/mol. The maximum absolute atomic E-state index is 11.2. The minimum Gasteiger partial charge on any atom is -0.507 e. The maximum Gasteiger partial charge on any atom is 0.253 e. The van der Waals surface area contributed by atoms with Crippen molar-refractivity contribution in [1.29, 1.82) is 0 Å². The molecule has 5 nitrogen and oxygen atoms in total. The van der Waals surface area contributed by atoms with Crippen molar-refractivity contribution < 1.29 is 14.7 Å². The van der Waals surface area contributed by atoms with Gasteiger partial charge < -0.3 is 5.11 Å². The Morgan fingerprint density at radius 1 is 1.17 bits per heavy atom. The lowest BCUT2D eigenvalue weighted by molar-refractivity contribution is -0.136. The third kappa shape index (κ3) is 2.63. The quantitative estimate of drug-likeness (QED) is 0.627. The average Bonchev–Trinajstić information content (AvgIpc) is 2.67. The Morgan fingerprint density at radius 2 is 1.83 bits per heavy atom. The molecule has 1 heterocycles. The number of hydrogen-bond donors (Lipinski definition) is 1. The molecule has 0 spiro atoms. The second-order valence-corrected chi connectivity index (χ2v) is 3.76. The highest BCUT2D eigenvalue weighted by Gasteiger charge is 2.21. The van der Waals surface area contributed by atoms with Crippen LogP contribution in [0.25, 0.3) is 0 Å². The Balaban J connectivity index is 1.88. The van der Waals surface area contributed by atoms with Crippen molar-refractivity contribution in [2.24, 2.45) is 4.99 Å². The number of para-hydroxylation sites is 1. The molecule has 2 amide bonds. The summed E-state index contributed by atoms with van der Waals surface area (Å²) in [5.41, 5.74) is 0.606. The van der Waals surface area contributed by atoms with Crippen molar-refractivity contribution in [3.63, 3.8) is 0 Å². The van der Waals surface area contributed by atoms with Gasteiger partial charge in [0.25, 0.3) is 11.8 Å². The Labute approximate surface area is 104 Å². The fourth-order valence-corrected chi connectivity index (χ4v) is 1.57. The summed E-state index contributed by atoms with van der Waals surface area (Å²) in [5, 5.41) is 9.49. The molecular weight excluding hydrogens is 232 g/mol. The molecule has 1 aromatic carbocycles. The zero-order valence-corrected chi connectivity index (χ0v) is 9.61. The van der Waals surface area contributed by atoms with E-state index in [1.807, 2.05) is 0 Å². The van der Waals surface area contributed by atoms with Gasteiger partial charge in [-0.15, -0.1) is 0 Å². The molecule has 92 valence electrons. The molecule has 0 aliphatic carbocycles. The predicted octanol–water partition coefficient (Wildman–Crippen LogP) is 0.736. The molecule has 1 N–H and O–H groups in total. The van der Waals surface area contributed by atoms with E-state index in [1.54, 1.807) is 24.3 Å². The van der Waals surface area contributed by atoms with Crippen LogP contribution >= 0.6 is 0 Å². The molecule has 5 heteroatoms. The molecule has 0 saturated carbocycles. The lowest BCUT2D eigenvalue weighted by Crippen LogP contribution is -2.32. The van der Waals surface area contributed by atoms with Crippen molar-refractivity contribution in [3.8, 4) is 5.75 Å². The molecule has 0 atom stereocenters. The van der Waals surface area contributed by atoms with Gasteiger partial charge in [-0.3, -0.25) is 19.5 Å². The van der Waals surface area contributed by atoms with E-state index >= 15 is 0 Å². The number of phenolic OH excluding ortho intramolecular Hbond substituents is 1. The lowest BCUT2D eigenvalue weighted by atomic mass is 10.2. The zero-order valence-electron chi connectivity index (χ0n) is 9.61. The van der Waals surface area contributed by atoms with Gasteiger partial charge in [-0.1, -0.05) is 12.1 Å². The fourth-order valence-electron chi connectivity index (χ4n) is 1.57. The monoisotopic (exact) mass is 244 g/mol. The van der Waals surface area contributed by atoms with Crippen LogP contribution in [-0.4, -0.2) is 41.1 Å². The van der Waals surface area contributed by atoms with Gasteiger partial charge in [0, 0.05) is 30.5 Å². The van der Waals surface area contributed by atoms with Crippen LogP contribution in [0.5, 0.6) is 5.75 Å². The first kappa shape index (κ1) is 12.0. The smallest absolute Gasteiger partial charge is 0.253 e. The van der Waals surface area contributed by atoms with Crippen molar-refractivity contribution in [1.82, 2.24) is 4.90 Å². The number of phenols is 1. The minimum absolute atomic E-state index is 0.149. The number of aromatic hydroxyl groups is 1. The van der Waals surface area contributed by atoms with Gasteiger partial charge in [0.2, 0.25) is 0 Å². The van der Waals surface area contributed by atoms with Crippen LogP contribution in [0, 0.1) is 0 Å². The first-order valence-electron chi connectivity index (χ1n) is 5.50. The molecule has 1 aliphatic heterocycles. The van der Waals surface area contributed by atoms with E-state index in [0.29, 0.717) is 12.1 Å². The van der Waals surface area contributed by atoms with Crippen molar-refractivity contribution in [2.45, 2.75) is 0 Å². The summed E-state index contributed by atoms with van der Waals surface area (Å²) in [5.74, 6) is -0.466. The first-order valence-corrected chi connectivity index (χ1v) is 5.50. The van der Waals surface area contributed by atoms with Crippen LogP contribution < -0.4 is 0 Å². The van der Waals surface area contributed by atoms with Crippen molar-refractivity contribution in [2.75, 3.05) is 13.1 Å². The Morgan fingerprint density at radius 3 is 2.50 bits per heavy atom. The van der Waals surface area contributed by atoms with E-state index in [0.717, 1.165) is 4.90 Å². The van der Waals surface area contributed by atoms with Gasteiger partial charge in [-0.2, -0.15) is 0 Å². The van der Waals surface area contributed by atoms with Crippen molar-refractivity contribution in [3.05, 3.63) is 42.0 Å². The molecule has 1 aromatic rings. The van der Waals surface area contributed by atoms with Crippen LogP contribution in [0.2, 0.25) is 0 Å². The summed E-state index contributed by atoms with van der Waals surface area (Å²) in [6, 6.07) is 6.81. The summed E-state index contributed by atoms with van der Waals surface area (Å²) in [7, 11) is 0. The van der Waals surface area contributed by atoms with Gasteiger partial charge in [-0.05, 0) is 12.1 Å². The second kappa shape index (κ2) is 5.27. The molecule has 0 bridgehead atoms. The summed E-state index contributed by atoms with van der Waals surface area (Å²) < 4.78 is 0. The van der Waals surface area contributed by atoms with E-state index in [2.05, 4.69) is 4.99 Å². The van der Waals surface area contributed by atoms with Crippen LogP contribution in [0.15, 0.2) is 41.4 Å². The second-order valence-electron chi connectivity index (χ2n) is 3.76. The van der Waals surface area contributed by atoms with E-state index in [9.17, 15) is 14.7 Å². The maximum atomic E-state index is 11.2. The Bertz CT molecular complexity index is 517. The highest BCUT2D eigenvalue weighted by atomic mass is 16.3. The number of carbonyl (C=O) groups excluding carboxylic acids is 2. The minimum atomic E-state index is -0.308. The van der Waals surface area contributed by atoms with Gasteiger partial charge >= 0.3 is 0 Å². The number of carbonyl (C=O) groups is 2. The summed E-state index contributed by atoms with van der Waals surface area (Å²) in [6.07, 6.45) is 4.01. The lowest BCUT2D eigenvalue weighted by Gasteiger charge is -2.11. The Hall–Kier alpha value is -2.43. The summed E-state index contributed by atoms with van der Waals surface area (Å²) >= 11 is 0. The van der Waals surface area contributed by atoms with E-state index in [4.69, 9.17) is 0 Å². The van der Waals surface area contributed by atoms with Gasteiger partial charge in [-0.25, -0.2) is 0 Å². The molecule has 0 unspecified atom stereocenters. The van der Waals surface area contributed by atoms with E-state index < -0.39 is 0 Å². The van der Waals surface area contributed by atoms with Gasteiger partial charge in [0.1, 0.15) is 5.75 Å². The number of amides is 2. The highest BCUT2D eigenvalue weighted by molar-refractivity contribution is 6.12. The fraction of sp³-hybridized carbons (Fsp3) is 0.154. The molecule has 0 saturated heterocycles. The number of benzene rings is 1. The molecular formula is C13H12N2O3. The first-order chi connectivity index (χ1) is 8.68. The van der Waals surface area contributed by atoms with Crippen LogP contribution in [-0.2, 0) is 9.59 Å². The molecule has 0 radical (unpaired) electrons. The molecule has 2 rings (SSSR count). The molecule has 18 heavy (non-hydrogen) atoms. The number of nitrogens with zero attached hydrogens (tertiary/aromatic N) is 2. The number of aliphatic imine (C=N–C) groups is 1. The number of hydrogen-bond acceptors (Lipinski definition) is 4. The molecule has 0 fully saturated rings. The SMILES string of the molecule is O=C1C=CC(=O)N1CCN=Cc1ccccc1O. The normalized spacial score (nSPS) is 15.0. The third-order valence-corrected chi connectivity index (χ3v) is 2.52. The summed E-state index contributed by atoms with van der Waals surface area (Å²) in [6.45, 7) is 0.558.